The van der Waals surface area contributed by atoms with Crippen molar-refractivity contribution in [2.24, 2.45) is 0 Å². The van der Waals surface area contributed by atoms with E-state index < -0.39 is 0 Å². The van der Waals surface area contributed by atoms with Crippen LogP contribution in [0.4, 0.5) is 5.69 Å². The highest BCUT2D eigenvalue weighted by Crippen LogP contribution is 2.26. The third-order valence-corrected chi connectivity index (χ3v) is 4.23. The van der Waals surface area contributed by atoms with Crippen LogP contribution in [0.3, 0.4) is 0 Å². The lowest BCUT2D eigenvalue weighted by Crippen LogP contribution is -2.31. The van der Waals surface area contributed by atoms with E-state index in [1.54, 1.807) is 4.90 Å². The Labute approximate surface area is 172 Å². The van der Waals surface area contributed by atoms with E-state index in [9.17, 15) is 4.79 Å². The molecule has 0 N–H and O–H groups in total. The minimum atomic E-state index is -0.136. The van der Waals surface area contributed by atoms with Crippen molar-refractivity contribution in [2.45, 2.75) is 27.3 Å². The van der Waals surface area contributed by atoms with Crippen molar-refractivity contribution < 1.29 is 9.53 Å². The molecule has 0 fully saturated rings. The van der Waals surface area contributed by atoms with Crippen LogP contribution in [0.2, 0.25) is 0 Å². The number of amides is 1. The lowest BCUT2D eigenvalue weighted by molar-refractivity contribution is -0.116. The number of anilines is 1. The normalized spacial score (nSPS) is 9.86. The molecule has 4 heteroatoms. The second-order valence-electron chi connectivity index (χ2n) is 6.01. The van der Waals surface area contributed by atoms with Crippen LogP contribution in [0.25, 0.3) is 0 Å². The van der Waals surface area contributed by atoms with E-state index in [2.05, 4.69) is 0 Å². The average Bonchev–Trinajstić information content (AvgIpc) is 2.76. The number of hydrogen-bond acceptors (Lipinski definition) is 2. The fraction of sp³-hybridized carbons (Fsp3) is 0.208. The van der Waals surface area contributed by atoms with Crippen LogP contribution in [0.5, 0.6) is 11.5 Å². The molecule has 0 atom stereocenters. The quantitative estimate of drug-likeness (QED) is 0.441. The molecule has 0 saturated heterocycles. The van der Waals surface area contributed by atoms with Gasteiger partial charge >= 0.3 is 0 Å². The zero-order valence-electron chi connectivity index (χ0n) is 16.6. The number of carbonyl (C=O) groups is 1. The summed E-state index contributed by atoms with van der Waals surface area (Å²) in [6.45, 7) is 6.51. The summed E-state index contributed by atoms with van der Waals surface area (Å²) in [4.78, 5) is 14.0. The summed E-state index contributed by atoms with van der Waals surface area (Å²) in [5.41, 5.74) is 3.02. The van der Waals surface area contributed by atoms with Gasteiger partial charge in [0, 0.05) is 5.69 Å². The van der Waals surface area contributed by atoms with E-state index in [4.69, 9.17) is 16.3 Å². The first-order chi connectivity index (χ1) is 13.7. The van der Waals surface area contributed by atoms with Crippen molar-refractivity contribution in [2.75, 3.05) is 10.8 Å². The molecule has 0 unspecified atom stereocenters. The molecular weight excluding hydrogens is 370 g/mol. The smallest absolute Gasteiger partial charge is 0.242 e. The summed E-state index contributed by atoms with van der Waals surface area (Å²) in [7, 11) is 0. The van der Waals surface area contributed by atoms with Gasteiger partial charge in [0.15, 0.2) is 0 Å². The molecule has 1 amide bonds. The summed E-state index contributed by atoms with van der Waals surface area (Å²) in [6, 6.07) is 25.2. The van der Waals surface area contributed by atoms with Gasteiger partial charge < -0.3 is 9.64 Å². The molecule has 0 bridgehead atoms. The molecule has 0 aliphatic heterocycles. The van der Waals surface area contributed by atoms with Crippen molar-refractivity contribution in [1.29, 1.82) is 0 Å². The Balaban J connectivity index is 0.00000136. The fourth-order valence-corrected chi connectivity index (χ4v) is 2.74. The molecule has 0 aliphatic carbocycles. The minimum absolute atomic E-state index is 0.0611. The molecule has 28 heavy (non-hydrogen) atoms. The number of ether oxygens (including phenoxy) is 1. The molecule has 0 radical (unpaired) electrons. The van der Waals surface area contributed by atoms with Gasteiger partial charge in [-0.2, -0.15) is 0 Å². The average molecular weight is 396 g/mol. The van der Waals surface area contributed by atoms with Crippen LogP contribution in [-0.4, -0.2) is 11.8 Å². The second-order valence-corrected chi connectivity index (χ2v) is 6.28. The van der Waals surface area contributed by atoms with Crippen LogP contribution >= 0.6 is 11.6 Å². The monoisotopic (exact) mass is 395 g/mol. The van der Waals surface area contributed by atoms with Gasteiger partial charge in [-0.25, -0.2) is 0 Å². The van der Waals surface area contributed by atoms with Gasteiger partial charge in [0.25, 0.3) is 0 Å². The van der Waals surface area contributed by atoms with Gasteiger partial charge in [-0.15, -0.1) is 11.6 Å². The molecule has 0 spiro atoms. The van der Waals surface area contributed by atoms with Gasteiger partial charge in [-0.3, -0.25) is 4.79 Å². The number of halogens is 1. The minimum Gasteiger partial charge on any atom is -0.457 e. The first-order valence-corrected chi connectivity index (χ1v) is 9.94. The summed E-state index contributed by atoms with van der Waals surface area (Å²) in [6.07, 6.45) is 0. The number of nitrogens with zero attached hydrogens (tertiary/aromatic N) is 1. The first-order valence-electron chi connectivity index (χ1n) is 9.40. The van der Waals surface area contributed by atoms with Crippen LogP contribution < -0.4 is 9.64 Å². The van der Waals surface area contributed by atoms with Crippen molar-refractivity contribution >= 4 is 23.2 Å². The highest BCUT2D eigenvalue weighted by molar-refractivity contribution is 6.29. The third-order valence-electron chi connectivity index (χ3n) is 4.00. The number of hydrogen-bond donors (Lipinski definition) is 0. The van der Waals surface area contributed by atoms with E-state index in [0.29, 0.717) is 6.54 Å². The highest BCUT2D eigenvalue weighted by Gasteiger charge is 2.15. The van der Waals surface area contributed by atoms with Crippen LogP contribution in [0, 0.1) is 6.92 Å². The van der Waals surface area contributed by atoms with E-state index in [1.165, 1.54) is 5.56 Å². The Morgan fingerprint density at radius 3 is 1.93 bits per heavy atom. The molecular formula is C24H26ClNO2. The number of alkyl halides is 1. The van der Waals surface area contributed by atoms with Crippen molar-refractivity contribution in [3.05, 3.63) is 90.0 Å². The summed E-state index contributed by atoms with van der Waals surface area (Å²) < 4.78 is 5.84. The van der Waals surface area contributed by atoms with Gasteiger partial charge in [0.05, 0.1) is 6.54 Å². The zero-order valence-corrected chi connectivity index (χ0v) is 17.3. The maximum Gasteiger partial charge on any atom is 0.242 e. The Bertz CT molecular complexity index is 846. The summed E-state index contributed by atoms with van der Waals surface area (Å²) >= 11 is 5.80. The molecule has 0 aliphatic rings. The van der Waals surface area contributed by atoms with Crippen LogP contribution in [0.1, 0.15) is 25.0 Å². The van der Waals surface area contributed by atoms with Crippen molar-refractivity contribution in [1.82, 2.24) is 0 Å². The predicted octanol–water partition coefficient (Wildman–Crippen LogP) is 6.59. The number of carbonyl (C=O) groups excluding carboxylic acids is 1. The standard InChI is InChI=1S/C22H20ClNO2.C2H6/c1-17-7-11-20(12-8-17)26-21-13-9-19(10-14-21)24(22(25)15-23)16-18-5-3-2-4-6-18;1-2/h2-14H,15-16H2,1H3;1-2H3. The Kier molecular flexibility index (Phi) is 8.57. The SMILES string of the molecule is CC.Cc1ccc(Oc2ccc(N(Cc3ccccc3)C(=O)CCl)cc2)cc1. The summed E-state index contributed by atoms with van der Waals surface area (Å²) in [5, 5.41) is 0. The van der Waals surface area contributed by atoms with E-state index in [-0.39, 0.29) is 11.8 Å². The molecule has 0 saturated carbocycles. The maximum atomic E-state index is 12.3. The largest absolute Gasteiger partial charge is 0.457 e. The van der Waals surface area contributed by atoms with Crippen LogP contribution in [0.15, 0.2) is 78.9 Å². The topological polar surface area (TPSA) is 29.5 Å². The van der Waals surface area contributed by atoms with Gasteiger partial charge in [0.2, 0.25) is 5.91 Å². The molecule has 146 valence electrons. The number of rotatable bonds is 6. The molecule has 0 aromatic heterocycles. The lowest BCUT2D eigenvalue weighted by atomic mass is 10.2. The Hall–Kier alpha value is -2.78. The molecule has 3 aromatic carbocycles. The van der Waals surface area contributed by atoms with Crippen molar-refractivity contribution in [3.63, 3.8) is 0 Å². The molecule has 0 heterocycles. The van der Waals surface area contributed by atoms with Crippen molar-refractivity contribution in [3.8, 4) is 11.5 Å². The zero-order chi connectivity index (χ0) is 20.4. The number of aryl methyl sites for hydroxylation is 1. The summed E-state index contributed by atoms with van der Waals surface area (Å²) in [5.74, 6) is 1.30. The van der Waals surface area contributed by atoms with E-state index >= 15 is 0 Å². The van der Waals surface area contributed by atoms with Gasteiger partial charge in [0.1, 0.15) is 17.4 Å². The number of benzene rings is 3. The maximum absolute atomic E-state index is 12.3. The second kappa shape index (κ2) is 11.2. The van der Waals surface area contributed by atoms with Crippen LogP contribution in [-0.2, 0) is 11.3 Å². The molecule has 3 nitrogen and oxygen atoms in total. The predicted molar refractivity (Wildman–Crippen MR) is 117 cm³/mol. The molecule has 3 aromatic rings. The third kappa shape index (κ3) is 6.14. The lowest BCUT2D eigenvalue weighted by Gasteiger charge is -2.22. The Morgan fingerprint density at radius 1 is 0.857 bits per heavy atom. The van der Waals surface area contributed by atoms with E-state index in [1.807, 2.05) is 99.6 Å². The van der Waals surface area contributed by atoms with Gasteiger partial charge in [-0.1, -0.05) is 61.9 Å². The molecule has 3 rings (SSSR count). The van der Waals surface area contributed by atoms with Gasteiger partial charge in [-0.05, 0) is 48.9 Å². The fourth-order valence-electron chi connectivity index (χ4n) is 2.60. The first kappa shape index (κ1) is 21.5. The Morgan fingerprint density at radius 2 is 1.39 bits per heavy atom. The van der Waals surface area contributed by atoms with E-state index in [0.717, 1.165) is 22.7 Å². The highest BCUT2D eigenvalue weighted by atomic mass is 35.5.